The van der Waals surface area contributed by atoms with Crippen LogP contribution in [0, 0.1) is 0 Å². The molecule has 0 radical (unpaired) electrons. The first-order valence-electron chi connectivity index (χ1n) is 7.67. The lowest BCUT2D eigenvalue weighted by molar-refractivity contribution is 0.0491. The highest BCUT2D eigenvalue weighted by molar-refractivity contribution is 5.87. The summed E-state index contributed by atoms with van der Waals surface area (Å²) in [5.74, 6) is 0.376. The molecule has 1 heterocycles. The van der Waals surface area contributed by atoms with Crippen LogP contribution in [0.1, 0.15) is 74.6 Å². The van der Waals surface area contributed by atoms with Crippen molar-refractivity contribution in [3.05, 3.63) is 17.7 Å². The Labute approximate surface area is 120 Å². The Morgan fingerprint density at radius 2 is 2.15 bits per heavy atom. The number of unbranched alkanes of at least 4 members (excludes halogenated alkanes) is 4. The van der Waals surface area contributed by atoms with Crippen LogP contribution in [0.3, 0.4) is 0 Å². The van der Waals surface area contributed by atoms with Crippen molar-refractivity contribution in [2.45, 2.75) is 63.8 Å². The van der Waals surface area contributed by atoms with Crippen molar-refractivity contribution in [2.24, 2.45) is 5.73 Å². The van der Waals surface area contributed by atoms with E-state index in [1.807, 2.05) is 0 Å². The van der Waals surface area contributed by atoms with Crippen LogP contribution in [0.25, 0.3) is 0 Å². The minimum absolute atomic E-state index is 0.331. The van der Waals surface area contributed by atoms with Gasteiger partial charge in [-0.15, -0.1) is 0 Å². The number of ether oxygens (including phenoxy) is 1. The average molecular weight is 279 g/mol. The molecule has 0 aromatic carbocycles. The molecule has 5 nitrogen and oxygen atoms in total. The second-order valence-corrected chi connectivity index (χ2v) is 5.71. The van der Waals surface area contributed by atoms with E-state index in [9.17, 15) is 4.79 Å². The predicted molar refractivity (Wildman–Crippen MR) is 77.3 cm³/mol. The van der Waals surface area contributed by atoms with Crippen LogP contribution >= 0.6 is 0 Å². The zero-order chi connectivity index (χ0) is 14.4. The van der Waals surface area contributed by atoms with Gasteiger partial charge in [-0.1, -0.05) is 32.6 Å². The van der Waals surface area contributed by atoms with E-state index in [0.717, 1.165) is 32.1 Å². The van der Waals surface area contributed by atoms with Crippen LogP contribution in [-0.4, -0.2) is 22.5 Å². The minimum Gasteiger partial charge on any atom is -0.461 e. The monoisotopic (exact) mass is 279 g/mol. The largest absolute Gasteiger partial charge is 0.461 e. The highest BCUT2D eigenvalue weighted by Crippen LogP contribution is 2.36. The molecule has 1 aliphatic carbocycles. The molecule has 0 saturated heterocycles. The number of nitrogens with two attached hydrogens (primary N) is 1. The Hall–Kier alpha value is -1.36. The second-order valence-electron chi connectivity index (χ2n) is 5.71. The van der Waals surface area contributed by atoms with Gasteiger partial charge in [0.15, 0.2) is 0 Å². The summed E-state index contributed by atoms with van der Waals surface area (Å²) in [6.07, 6.45) is 10.2. The molecular formula is C15H25N3O2. The number of aromatic amines is 1. The summed E-state index contributed by atoms with van der Waals surface area (Å²) >= 11 is 0. The van der Waals surface area contributed by atoms with Gasteiger partial charge < -0.3 is 15.5 Å². The number of H-pyrrole nitrogens is 1. The van der Waals surface area contributed by atoms with Crippen LogP contribution < -0.4 is 5.73 Å². The summed E-state index contributed by atoms with van der Waals surface area (Å²) in [5, 5.41) is 0. The van der Waals surface area contributed by atoms with Gasteiger partial charge in [0.05, 0.1) is 18.3 Å². The number of hydrogen-bond acceptors (Lipinski definition) is 4. The second kappa shape index (κ2) is 6.88. The first-order valence-corrected chi connectivity index (χ1v) is 7.67. The fourth-order valence-corrected chi connectivity index (χ4v) is 2.42. The Bertz CT molecular complexity index is 438. The van der Waals surface area contributed by atoms with Crippen molar-refractivity contribution in [2.75, 3.05) is 6.61 Å². The van der Waals surface area contributed by atoms with Crippen molar-refractivity contribution in [3.8, 4) is 0 Å². The minimum atomic E-state index is -0.362. The van der Waals surface area contributed by atoms with Gasteiger partial charge in [0.1, 0.15) is 11.5 Å². The molecule has 1 saturated carbocycles. The quantitative estimate of drug-likeness (QED) is 0.566. The van der Waals surface area contributed by atoms with Crippen LogP contribution in [0.2, 0.25) is 0 Å². The van der Waals surface area contributed by atoms with Gasteiger partial charge in [-0.05, 0) is 25.7 Å². The number of hydrogen-bond donors (Lipinski definition) is 2. The number of aromatic nitrogens is 2. The standard InChI is InChI=1S/C15H25N3O2/c1-2-3-4-5-6-10-20-13(19)12-11-17-14(18-12)15(16)8-7-9-15/h11H,2-10,16H2,1H3,(H,17,18). The molecule has 0 bridgehead atoms. The number of nitrogens with one attached hydrogen (secondary N) is 1. The van der Waals surface area contributed by atoms with Gasteiger partial charge in [0.25, 0.3) is 0 Å². The maximum Gasteiger partial charge on any atom is 0.356 e. The van der Waals surface area contributed by atoms with E-state index in [4.69, 9.17) is 10.5 Å². The summed E-state index contributed by atoms with van der Waals surface area (Å²) < 4.78 is 5.23. The van der Waals surface area contributed by atoms with E-state index in [2.05, 4.69) is 16.9 Å². The lowest BCUT2D eigenvalue weighted by atomic mass is 9.77. The lowest BCUT2D eigenvalue weighted by Gasteiger charge is -2.35. The van der Waals surface area contributed by atoms with Crippen molar-refractivity contribution >= 4 is 5.97 Å². The van der Waals surface area contributed by atoms with Gasteiger partial charge in [-0.3, -0.25) is 0 Å². The van der Waals surface area contributed by atoms with E-state index in [0.29, 0.717) is 18.1 Å². The van der Waals surface area contributed by atoms with E-state index in [1.165, 1.54) is 25.5 Å². The fraction of sp³-hybridized carbons (Fsp3) is 0.733. The van der Waals surface area contributed by atoms with E-state index >= 15 is 0 Å². The van der Waals surface area contributed by atoms with Crippen molar-refractivity contribution < 1.29 is 9.53 Å². The third-order valence-electron chi connectivity index (χ3n) is 3.99. The van der Waals surface area contributed by atoms with Crippen LogP contribution in [0.15, 0.2) is 6.20 Å². The van der Waals surface area contributed by atoms with Gasteiger partial charge in [0, 0.05) is 0 Å². The number of carbonyl (C=O) groups is 1. The number of nitrogens with zero attached hydrogens (tertiary/aromatic N) is 1. The number of carbonyl (C=O) groups excluding carboxylic acids is 1. The highest BCUT2D eigenvalue weighted by atomic mass is 16.5. The topological polar surface area (TPSA) is 81.0 Å². The van der Waals surface area contributed by atoms with E-state index < -0.39 is 0 Å². The number of esters is 1. The molecule has 0 aliphatic heterocycles. The maximum atomic E-state index is 11.8. The Morgan fingerprint density at radius 1 is 1.40 bits per heavy atom. The molecule has 0 amide bonds. The van der Waals surface area contributed by atoms with Crippen molar-refractivity contribution in [1.82, 2.24) is 9.97 Å². The Kier molecular flexibility index (Phi) is 5.17. The van der Waals surface area contributed by atoms with Gasteiger partial charge in [-0.2, -0.15) is 0 Å². The molecule has 2 rings (SSSR count). The number of imidazole rings is 1. The SMILES string of the molecule is CCCCCCCOC(=O)c1cnc(C2(N)CCC2)[nH]1. The molecule has 5 heteroatoms. The first kappa shape index (κ1) is 15.0. The zero-order valence-electron chi connectivity index (χ0n) is 12.3. The molecule has 0 atom stereocenters. The highest BCUT2D eigenvalue weighted by Gasteiger charge is 2.37. The van der Waals surface area contributed by atoms with Gasteiger partial charge in [0.2, 0.25) is 0 Å². The molecule has 20 heavy (non-hydrogen) atoms. The average Bonchev–Trinajstić information content (AvgIpc) is 2.90. The Morgan fingerprint density at radius 3 is 2.80 bits per heavy atom. The Balaban J connectivity index is 1.73. The molecule has 1 aromatic heterocycles. The molecule has 0 unspecified atom stereocenters. The molecule has 0 spiro atoms. The van der Waals surface area contributed by atoms with Crippen LogP contribution in [-0.2, 0) is 10.3 Å². The van der Waals surface area contributed by atoms with Crippen LogP contribution in [0.5, 0.6) is 0 Å². The summed E-state index contributed by atoms with van der Waals surface area (Å²) in [5.41, 5.74) is 6.21. The summed E-state index contributed by atoms with van der Waals surface area (Å²) in [6, 6.07) is 0. The van der Waals surface area contributed by atoms with E-state index in [1.54, 1.807) is 0 Å². The normalized spacial score (nSPS) is 16.7. The summed E-state index contributed by atoms with van der Waals surface area (Å²) in [4.78, 5) is 19.1. The van der Waals surface area contributed by atoms with Crippen molar-refractivity contribution in [1.29, 1.82) is 0 Å². The third kappa shape index (κ3) is 3.60. The molecular weight excluding hydrogens is 254 g/mol. The van der Waals surface area contributed by atoms with Gasteiger partial charge >= 0.3 is 5.97 Å². The van der Waals surface area contributed by atoms with E-state index in [-0.39, 0.29) is 11.5 Å². The predicted octanol–water partition coefficient (Wildman–Crippen LogP) is 2.87. The molecule has 112 valence electrons. The smallest absolute Gasteiger partial charge is 0.356 e. The number of rotatable bonds is 8. The zero-order valence-corrected chi connectivity index (χ0v) is 12.3. The maximum absolute atomic E-state index is 11.8. The molecule has 1 aliphatic rings. The molecule has 1 fully saturated rings. The summed E-state index contributed by atoms with van der Waals surface area (Å²) in [7, 11) is 0. The summed E-state index contributed by atoms with van der Waals surface area (Å²) in [6.45, 7) is 2.66. The molecule has 3 N–H and O–H groups in total. The van der Waals surface area contributed by atoms with Crippen molar-refractivity contribution in [3.63, 3.8) is 0 Å². The first-order chi connectivity index (χ1) is 9.65. The fourth-order valence-electron chi connectivity index (χ4n) is 2.42. The van der Waals surface area contributed by atoms with Crippen LogP contribution in [0.4, 0.5) is 0 Å². The third-order valence-corrected chi connectivity index (χ3v) is 3.99. The van der Waals surface area contributed by atoms with Gasteiger partial charge in [-0.25, -0.2) is 9.78 Å². The molecule has 1 aromatic rings. The lowest BCUT2D eigenvalue weighted by Crippen LogP contribution is -2.44.